The van der Waals surface area contributed by atoms with Crippen molar-refractivity contribution in [1.29, 1.82) is 0 Å². The number of pyridine rings is 1. The van der Waals surface area contributed by atoms with Crippen molar-refractivity contribution in [1.82, 2.24) is 4.98 Å². The minimum Gasteiger partial charge on any atom is -0.468 e. The van der Waals surface area contributed by atoms with Crippen LogP contribution < -0.4 is 15.0 Å². The minimum absolute atomic E-state index is 0.0843. The molecule has 27 heavy (non-hydrogen) atoms. The third-order valence-electron chi connectivity index (χ3n) is 3.95. The maximum Gasteiger partial charge on any atom is 0.422 e. The van der Waals surface area contributed by atoms with Crippen LogP contribution in [0.25, 0.3) is 0 Å². The number of ether oxygens (including phenoxy) is 1. The lowest BCUT2D eigenvalue weighted by Crippen LogP contribution is -2.28. The lowest BCUT2D eigenvalue weighted by atomic mass is 10.1. The Balaban J connectivity index is 1.57. The lowest BCUT2D eigenvalue weighted by molar-refractivity contribution is -0.154. The first kappa shape index (κ1) is 18.7. The molecule has 0 spiro atoms. The van der Waals surface area contributed by atoms with Crippen molar-refractivity contribution < 1.29 is 27.5 Å². The van der Waals surface area contributed by atoms with Crippen molar-refractivity contribution in [3.8, 4) is 5.88 Å². The molecule has 142 valence electrons. The first-order valence-corrected chi connectivity index (χ1v) is 8.14. The molecule has 6 nitrogen and oxygen atoms in total. The van der Waals surface area contributed by atoms with Gasteiger partial charge in [0.25, 0.3) is 0 Å². The van der Waals surface area contributed by atoms with Gasteiger partial charge in [-0.05, 0) is 18.2 Å². The van der Waals surface area contributed by atoms with E-state index in [2.05, 4.69) is 15.0 Å². The van der Waals surface area contributed by atoms with Crippen molar-refractivity contribution in [3.05, 3.63) is 48.7 Å². The van der Waals surface area contributed by atoms with Crippen molar-refractivity contribution in [2.45, 2.75) is 12.6 Å². The third kappa shape index (κ3) is 4.96. The smallest absolute Gasteiger partial charge is 0.422 e. The quantitative estimate of drug-likeness (QED) is 0.867. The molecule has 1 atom stereocenters. The van der Waals surface area contributed by atoms with E-state index < -0.39 is 18.7 Å². The molecule has 0 bridgehead atoms. The number of nitrogens with zero attached hydrogens (tertiary/aromatic N) is 2. The summed E-state index contributed by atoms with van der Waals surface area (Å²) >= 11 is 0. The van der Waals surface area contributed by atoms with Crippen LogP contribution in [-0.2, 0) is 9.59 Å². The number of aromatic nitrogens is 1. The summed E-state index contributed by atoms with van der Waals surface area (Å²) in [6.45, 7) is -1.18. The van der Waals surface area contributed by atoms with Crippen LogP contribution >= 0.6 is 0 Å². The Bertz CT molecular complexity index is 810. The average Bonchev–Trinajstić information content (AvgIpc) is 3.03. The lowest BCUT2D eigenvalue weighted by Gasteiger charge is -2.16. The van der Waals surface area contributed by atoms with Gasteiger partial charge in [0.2, 0.25) is 17.7 Å². The maximum absolute atomic E-state index is 12.4. The van der Waals surface area contributed by atoms with Crippen LogP contribution in [0.1, 0.15) is 6.42 Å². The third-order valence-corrected chi connectivity index (χ3v) is 3.95. The summed E-state index contributed by atoms with van der Waals surface area (Å²) < 4.78 is 40.8. The van der Waals surface area contributed by atoms with Crippen molar-refractivity contribution in [2.75, 3.05) is 23.4 Å². The van der Waals surface area contributed by atoms with Gasteiger partial charge in [-0.1, -0.05) is 18.2 Å². The molecule has 3 rings (SSSR count). The van der Waals surface area contributed by atoms with Crippen molar-refractivity contribution >= 4 is 23.2 Å². The summed E-state index contributed by atoms with van der Waals surface area (Å²) in [7, 11) is 0. The Labute approximate surface area is 152 Å². The predicted molar refractivity (Wildman–Crippen MR) is 91.3 cm³/mol. The molecule has 0 aliphatic carbocycles. The van der Waals surface area contributed by atoms with Gasteiger partial charge >= 0.3 is 6.18 Å². The SMILES string of the molecule is O=C(Nc1ccc(OCC(F)(F)F)nc1)[C@H]1CC(=O)N(c2ccccc2)C1. The molecule has 1 fully saturated rings. The summed E-state index contributed by atoms with van der Waals surface area (Å²) in [6.07, 6.45) is -3.16. The predicted octanol–water partition coefficient (Wildman–Crippen LogP) is 3.01. The van der Waals surface area contributed by atoms with Crippen LogP contribution in [0.15, 0.2) is 48.7 Å². The zero-order chi connectivity index (χ0) is 19.4. The molecule has 2 amide bonds. The zero-order valence-corrected chi connectivity index (χ0v) is 14.1. The fourth-order valence-electron chi connectivity index (χ4n) is 2.68. The molecule has 2 aromatic rings. The molecule has 1 aromatic heterocycles. The van der Waals surface area contributed by atoms with Crippen LogP contribution in [0.4, 0.5) is 24.5 Å². The fourth-order valence-corrected chi connectivity index (χ4v) is 2.68. The molecule has 1 aliphatic heterocycles. The number of carbonyl (C=O) groups excluding carboxylic acids is 2. The van der Waals surface area contributed by atoms with E-state index in [1.54, 1.807) is 17.0 Å². The summed E-state index contributed by atoms with van der Waals surface area (Å²) in [5, 5.41) is 2.62. The first-order valence-electron chi connectivity index (χ1n) is 8.14. The number of alkyl halides is 3. The van der Waals surface area contributed by atoms with Gasteiger partial charge in [-0.2, -0.15) is 13.2 Å². The van der Waals surface area contributed by atoms with E-state index in [0.717, 1.165) is 5.69 Å². The van der Waals surface area contributed by atoms with E-state index in [4.69, 9.17) is 0 Å². The Morgan fingerprint density at radius 2 is 1.96 bits per heavy atom. The van der Waals surface area contributed by atoms with Crippen LogP contribution in [0, 0.1) is 5.92 Å². The van der Waals surface area contributed by atoms with Crippen molar-refractivity contribution in [2.24, 2.45) is 5.92 Å². The molecule has 2 heterocycles. The molecule has 0 unspecified atom stereocenters. The highest BCUT2D eigenvalue weighted by Crippen LogP contribution is 2.26. The monoisotopic (exact) mass is 379 g/mol. The minimum atomic E-state index is -4.45. The average molecular weight is 379 g/mol. The van der Waals surface area contributed by atoms with E-state index >= 15 is 0 Å². The highest BCUT2D eigenvalue weighted by Gasteiger charge is 2.35. The molecule has 0 saturated carbocycles. The number of nitrogens with one attached hydrogen (secondary N) is 1. The number of hydrogen-bond acceptors (Lipinski definition) is 4. The number of halogens is 3. The molecular weight excluding hydrogens is 363 g/mol. The van der Waals surface area contributed by atoms with Gasteiger partial charge < -0.3 is 15.0 Å². The number of para-hydroxylation sites is 1. The fraction of sp³-hybridized carbons (Fsp3) is 0.278. The van der Waals surface area contributed by atoms with E-state index in [9.17, 15) is 22.8 Å². The van der Waals surface area contributed by atoms with Crippen LogP contribution in [0.3, 0.4) is 0 Å². The zero-order valence-electron chi connectivity index (χ0n) is 14.1. The second-order valence-corrected chi connectivity index (χ2v) is 6.02. The Morgan fingerprint density at radius 3 is 2.59 bits per heavy atom. The van der Waals surface area contributed by atoms with E-state index in [-0.39, 0.29) is 30.7 Å². The second-order valence-electron chi connectivity index (χ2n) is 6.02. The summed E-state index contributed by atoms with van der Waals surface area (Å²) in [6, 6.07) is 11.7. The highest BCUT2D eigenvalue weighted by atomic mass is 19.4. The van der Waals surface area contributed by atoms with Crippen molar-refractivity contribution in [3.63, 3.8) is 0 Å². The summed E-state index contributed by atoms with van der Waals surface area (Å²) in [5.41, 5.74) is 1.04. The van der Waals surface area contributed by atoms with Gasteiger partial charge in [0.05, 0.1) is 17.8 Å². The molecule has 1 aliphatic rings. The molecule has 1 aromatic carbocycles. The normalized spacial score (nSPS) is 17.1. The van der Waals surface area contributed by atoms with E-state index in [0.29, 0.717) is 5.69 Å². The van der Waals surface area contributed by atoms with Gasteiger partial charge in [-0.25, -0.2) is 4.98 Å². The molecule has 9 heteroatoms. The van der Waals surface area contributed by atoms with Gasteiger partial charge in [0, 0.05) is 24.7 Å². The van der Waals surface area contributed by atoms with Crippen LogP contribution in [0.5, 0.6) is 5.88 Å². The Hall–Kier alpha value is -3.10. The molecule has 1 saturated heterocycles. The second kappa shape index (κ2) is 7.65. The number of hydrogen-bond donors (Lipinski definition) is 1. The largest absolute Gasteiger partial charge is 0.468 e. The maximum atomic E-state index is 12.4. The Kier molecular flexibility index (Phi) is 5.29. The number of benzene rings is 1. The molecule has 1 N–H and O–H groups in total. The van der Waals surface area contributed by atoms with Gasteiger partial charge in [-0.15, -0.1) is 0 Å². The van der Waals surface area contributed by atoms with Crippen LogP contribution in [-0.4, -0.2) is 36.1 Å². The number of amides is 2. The molecular formula is C18H16F3N3O3. The summed E-state index contributed by atoms with van der Waals surface area (Å²) in [5.74, 6) is -1.22. The highest BCUT2D eigenvalue weighted by molar-refractivity contribution is 6.03. The van der Waals surface area contributed by atoms with Crippen LogP contribution in [0.2, 0.25) is 0 Å². The van der Waals surface area contributed by atoms with E-state index in [1.807, 2.05) is 18.2 Å². The number of carbonyl (C=O) groups is 2. The Morgan fingerprint density at radius 1 is 1.22 bits per heavy atom. The van der Waals surface area contributed by atoms with Gasteiger partial charge in [0.15, 0.2) is 6.61 Å². The number of anilines is 2. The van der Waals surface area contributed by atoms with Gasteiger partial charge in [-0.3, -0.25) is 9.59 Å². The molecule has 0 radical (unpaired) electrons. The first-order chi connectivity index (χ1) is 12.8. The van der Waals surface area contributed by atoms with E-state index in [1.165, 1.54) is 18.3 Å². The van der Waals surface area contributed by atoms with Gasteiger partial charge in [0.1, 0.15) is 0 Å². The summed E-state index contributed by atoms with van der Waals surface area (Å²) in [4.78, 5) is 29.8. The standard InChI is InChI=1S/C18H16F3N3O3/c19-18(20,21)11-27-15-7-6-13(9-22-15)23-17(26)12-8-16(25)24(10-12)14-4-2-1-3-5-14/h1-7,9,12H,8,10-11H2,(H,23,26)/t12-/m0/s1. The number of rotatable bonds is 5. The topological polar surface area (TPSA) is 71.5 Å².